The summed E-state index contributed by atoms with van der Waals surface area (Å²) in [6.07, 6.45) is 2.58. The number of nitrogens with one attached hydrogen (secondary N) is 1. The van der Waals surface area contributed by atoms with Crippen molar-refractivity contribution in [1.29, 1.82) is 0 Å². The largest absolute Gasteiger partial charge is 0.465 e. The van der Waals surface area contributed by atoms with Crippen LogP contribution < -0.4 is 16.6 Å². The summed E-state index contributed by atoms with van der Waals surface area (Å²) in [4.78, 5) is 50.0. The molecule has 0 radical (unpaired) electrons. The third-order valence-electron chi connectivity index (χ3n) is 5.01. The molecule has 0 saturated heterocycles. The maximum absolute atomic E-state index is 13.0. The Hall–Kier alpha value is -3.68. The van der Waals surface area contributed by atoms with Crippen LogP contribution in [0.25, 0.3) is 10.9 Å². The number of esters is 1. The van der Waals surface area contributed by atoms with Crippen LogP contribution in [-0.4, -0.2) is 28.1 Å². The second kappa shape index (κ2) is 9.88. The van der Waals surface area contributed by atoms with Crippen LogP contribution in [0.2, 0.25) is 0 Å². The van der Waals surface area contributed by atoms with Gasteiger partial charge in [-0.1, -0.05) is 31.9 Å². The van der Waals surface area contributed by atoms with E-state index in [1.807, 2.05) is 6.92 Å². The monoisotopic (exact) mass is 423 g/mol. The molecule has 1 heterocycles. The van der Waals surface area contributed by atoms with Gasteiger partial charge in [-0.2, -0.15) is 0 Å². The molecule has 0 unspecified atom stereocenters. The number of para-hydroxylation sites is 1. The molecule has 0 fully saturated rings. The van der Waals surface area contributed by atoms with Crippen molar-refractivity contribution in [3.05, 3.63) is 74.9 Å². The highest BCUT2D eigenvalue weighted by Gasteiger charge is 2.15. The number of aromatic nitrogens is 2. The molecule has 8 heteroatoms. The molecule has 162 valence electrons. The number of hydrogen-bond acceptors (Lipinski definition) is 5. The van der Waals surface area contributed by atoms with Gasteiger partial charge in [0.1, 0.15) is 6.54 Å². The maximum Gasteiger partial charge on any atom is 0.337 e. The summed E-state index contributed by atoms with van der Waals surface area (Å²) in [5, 5.41) is 3.11. The van der Waals surface area contributed by atoms with Crippen molar-refractivity contribution in [1.82, 2.24) is 9.13 Å². The van der Waals surface area contributed by atoms with E-state index in [4.69, 9.17) is 0 Å². The molecule has 8 nitrogen and oxygen atoms in total. The molecule has 1 aromatic heterocycles. The first-order valence-electron chi connectivity index (χ1n) is 10.2. The Balaban J connectivity index is 1.89. The van der Waals surface area contributed by atoms with Crippen LogP contribution in [0.3, 0.4) is 0 Å². The summed E-state index contributed by atoms with van der Waals surface area (Å²) in [5.74, 6) is -0.891. The van der Waals surface area contributed by atoms with Crippen molar-refractivity contribution < 1.29 is 14.3 Å². The number of unbranched alkanes of at least 4 members (excludes halogenated alkanes) is 2. The van der Waals surface area contributed by atoms with Gasteiger partial charge in [-0.3, -0.25) is 18.7 Å². The number of methoxy groups -OCH3 is 1. The summed E-state index contributed by atoms with van der Waals surface area (Å²) in [5.41, 5.74) is 0.413. The van der Waals surface area contributed by atoms with E-state index in [0.29, 0.717) is 35.1 Å². The minimum Gasteiger partial charge on any atom is -0.465 e. The molecule has 0 aliphatic heterocycles. The van der Waals surface area contributed by atoms with E-state index in [1.165, 1.54) is 28.4 Å². The van der Waals surface area contributed by atoms with Crippen LogP contribution in [0.4, 0.5) is 5.69 Å². The van der Waals surface area contributed by atoms with Crippen molar-refractivity contribution in [3.63, 3.8) is 0 Å². The predicted molar refractivity (Wildman–Crippen MR) is 118 cm³/mol. The van der Waals surface area contributed by atoms with E-state index in [2.05, 4.69) is 10.1 Å². The fourth-order valence-corrected chi connectivity index (χ4v) is 3.39. The zero-order chi connectivity index (χ0) is 22.4. The van der Waals surface area contributed by atoms with Gasteiger partial charge in [0.25, 0.3) is 5.56 Å². The van der Waals surface area contributed by atoms with E-state index in [1.54, 1.807) is 36.4 Å². The molecule has 0 saturated carbocycles. The van der Waals surface area contributed by atoms with Crippen molar-refractivity contribution in [3.8, 4) is 0 Å². The first-order chi connectivity index (χ1) is 15.0. The van der Waals surface area contributed by atoms with E-state index < -0.39 is 17.6 Å². The Kier molecular flexibility index (Phi) is 7.02. The molecule has 0 spiro atoms. The molecule has 3 rings (SSSR count). The maximum atomic E-state index is 13.0. The average molecular weight is 423 g/mol. The molecule has 1 N–H and O–H groups in total. The highest BCUT2D eigenvalue weighted by molar-refractivity contribution is 5.93. The van der Waals surface area contributed by atoms with E-state index in [0.717, 1.165) is 12.8 Å². The van der Waals surface area contributed by atoms with Gasteiger partial charge in [0, 0.05) is 12.2 Å². The lowest BCUT2D eigenvalue weighted by Gasteiger charge is -2.14. The number of carbonyl (C=O) groups excluding carboxylic acids is 2. The molecular formula is C23H25N3O5. The number of benzene rings is 2. The fourth-order valence-electron chi connectivity index (χ4n) is 3.39. The number of anilines is 1. The average Bonchev–Trinajstić information content (AvgIpc) is 2.79. The third kappa shape index (κ3) is 4.91. The first-order valence-corrected chi connectivity index (χ1v) is 10.2. The van der Waals surface area contributed by atoms with Crippen LogP contribution >= 0.6 is 0 Å². The highest BCUT2D eigenvalue weighted by Crippen LogP contribution is 2.12. The quantitative estimate of drug-likeness (QED) is 0.444. The number of rotatable bonds is 8. The van der Waals surface area contributed by atoms with Crippen molar-refractivity contribution in [2.24, 2.45) is 0 Å². The molecular weight excluding hydrogens is 398 g/mol. The van der Waals surface area contributed by atoms with Gasteiger partial charge in [-0.15, -0.1) is 0 Å². The topological polar surface area (TPSA) is 99.4 Å². The van der Waals surface area contributed by atoms with Gasteiger partial charge in [-0.25, -0.2) is 9.59 Å². The molecule has 0 bridgehead atoms. The van der Waals surface area contributed by atoms with Crippen LogP contribution in [0.1, 0.15) is 36.5 Å². The smallest absolute Gasteiger partial charge is 0.337 e. The zero-order valence-electron chi connectivity index (χ0n) is 17.6. The number of carbonyl (C=O) groups is 2. The standard InChI is InChI=1S/C23H25N3O5/c1-3-4-7-14-25-21(28)18-8-5-6-9-19(18)26(23(25)30)15-20(27)24-17-12-10-16(11-13-17)22(29)31-2/h5-6,8-13H,3-4,7,14-15H2,1-2H3,(H,24,27). The zero-order valence-corrected chi connectivity index (χ0v) is 17.6. The number of hydrogen-bond donors (Lipinski definition) is 1. The first kappa shape index (κ1) is 22.0. The van der Waals surface area contributed by atoms with Crippen molar-refractivity contribution in [2.75, 3.05) is 12.4 Å². The number of amides is 1. The van der Waals surface area contributed by atoms with Crippen LogP contribution in [0.15, 0.2) is 58.1 Å². The van der Waals surface area contributed by atoms with Crippen LogP contribution in [-0.2, 0) is 22.6 Å². The minimum atomic E-state index is -0.504. The Morgan fingerprint density at radius 3 is 2.35 bits per heavy atom. The second-order valence-electron chi connectivity index (χ2n) is 7.17. The van der Waals surface area contributed by atoms with Gasteiger partial charge < -0.3 is 10.1 Å². The predicted octanol–water partition coefficient (Wildman–Crippen LogP) is 2.78. The van der Waals surface area contributed by atoms with E-state index in [-0.39, 0.29) is 12.1 Å². The Bertz CT molecular complexity index is 1210. The van der Waals surface area contributed by atoms with Gasteiger partial charge in [0.15, 0.2) is 0 Å². The van der Waals surface area contributed by atoms with Gasteiger partial charge in [0.05, 0.1) is 23.6 Å². The molecule has 0 atom stereocenters. The lowest BCUT2D eigenvalue weighted by Crippen LogP contribution is -2.41. The minimum absolute atomic E-state index is 0.244. The van der Waals surface area contributed by atoms with E-state index >= 15 is 0 Å². The lowest BCUT2D eigenvalue weighted by atomic mass is 10.2. The molecule has 0 aliphatic rings. The SMILES string of the molecule is CCCCCn1c(=O)c2ccccc2n(CC(=O)Nc2ccc(C(=O)OC)cc2)c1=O. The van der Waals surface area contributed by atoms with Gasteiger partial charge in [0.2, 0.25) is 5.91 Å². The Morgan fingerprint density at radius 2 is 1.68 bits per heavy atom. The van der Waals surface area contributed by atoms with Gasteiger partial charge in [-0.05, 0) is 42.8 Å². The summed E-state index contributed by atoms with van der Waals surface area (Å²) in [6.45, 7) is 2.11. The Morgan fingerprint density at radius 1 is 0.968 bits per heavy atom. The van der Waals surface area contributed by atoms with Gasteiger partial charge >= 0.3 is 11.7 Å². The Labute approximate surface area is 179 Å². The van der Waals surface area contributed by atoms with Crippen molar-refractivity contribution >= 4 is 28.5 Å². The molecule has 1 amide bonds. The summed E-state index contributed by atoms with van der Waals surface area (Å²) in [7, 11) is 1.29. The lowest BCUT2D eigenvalue weighted by molar-refractivity contribution is -0.116. The number of fused-ring (bicyclic) bond motifs is 1. The fraction of sp³-hybridized carbons (Fsp3) is 0.304. The van der Waals surface area contributed by atoms with Crippen LogP contribution in [0, 0.1) is 0 Å². The van der Waals surface area contributed by atoms with Crippen molar-refractivity contribution in [2.45, 2.75) is 39.3 Å². The summed E-state index contributed by atoms with van der Waals surface area (Å²) in [6, 6.07) is 13.0. The summed E-state index contributed by atoms with van der Waals surface area (Å²) < 4.78 is 7.18. The highest BCUT2D eigenvalue weighted by atomic mass is 16.5. The van der Waals surface area contributed by atoms with Crippen LogP contribution in [0.5, 0.6) is 0 Å². The molecule has 3 aromatic rings. The molecule has 2 aromatic carbocycles. The molecule has 0 aliphatic carbocycles. The summed E-state index contributed by atoms with van der Waals surface area (Å²) >= 11 is 0. The normalized spacial score (nSPS) is 10.8. The third-order valence-corrected chi connectivity index (χ3v) is 5.01. The molecule has 31 heavy (non-hydrogen) atoms. The van der Waals surface area contributed by atoms with E-state index in [9.17, 15) is 19.2 Å². The number of ether oxygens (including phenoxy) is 1. The number of nitrogens with zero attached hydrogens (tertiary/aromatic N) is 2. The second-order valence-corrected chi connectivity index (χ2v) is 7.17.